The van der Waals surface area contributed by atoms with Crippen LogP contribution in [0.5, 0.6) is 0 Å². The minimum atomic E-state index is -3.61. The molecule has 0 aliphatic heterocycles. The third kappa shape index (κ3) is 6.92. The Morgan fingerprint density at radius 2 is 2.05 bits per heavy atom. The van der Waals surface area contributed by atoms with Crippen LogP contribution in [0.3, 0.4) is 0 Å². The molecule has 0 aliphatic carbocycles. The zero-order valence-electron chi connectivity index (χ0n) is 12.6. The molecule has 0 aromatic carbocycles. The van der Waals surface area contributed by atoms with Crippen molar-refractivity contribution in [3.05, 3.63) is 17.0 Å². The fourth-order valence-electron chi connectivity index (χ4n) is 1.68. The van der Waals surface area contributed by atoms with Gasteiger partial charge in [0.2, 0.25) is 10.0 Å². The fraction of sp³-hybridized carbons (Fsp3) is 0.615. The van der Waals surface area contributed by atoms with Gasteiger partial charge in [0.05, 0.1) is 6.54 Å². The molecule has 0 atom stereocenters. The predicted molar refractivity (Wildman–Crippen MR) is 88.0 cm³/mol. The summed E-state index contributed by atoms with van der Waals surface area (Å²) in [7, 11) is -3.61. The topological polar surface area (TPSA) is 96.6 Å². The van der Waals surface area contributed by atoms with Crippen molar-refractivity contribution in [3.63, 3.8) is 0 Å². The highest BCUT2D eigenvalue weighted by molar-refractivity contribution is 7.91. The van der Waals surface area contributed by atoms with Gasteiger partial charge >= 0.3 is 0 Å². The molecule has 8 heteroatoms. The van der Waals surface area contributed by atoms with Gasteiger partial charge in [0, 0.05) is 18.0 Å². The number of hydrogen-bond donors (Lipinski definition) is 3. The molecular weight excluding hydrogens is 308 g/mol. The Labute approximate surface area is 130 Å². The number of primary sulfonamides is 1. The van der Waals surface area contributed by atoms with Gasteiger partial charge in [-0.1, -0.05) is 19.8 Å². The first-order valence-electron chi connectivity index (χ1n) is 7.11. The zero-order chi connectivity index (χ0) is 15.7. The number of nitrogens with one attached hydrogen (secondary N) is 2. The summed E-state index contributed by atoms with van der Waals surface area (Å²) in [5, 5.41) is 11.5. The molecule has 0 fully saturated rings. The molecule has 21 heavy (non-hydrogen) atoms. The summed E-state index contributed by atoms with van der Waals surface area (Å²) in [6.07, 6.45) is 3.48. The molecule has 1 aromatic heterocycles. The van der Waals surface area contributed by atoms with Crippen LogP contribution in [0, 0.1) is 0 Å². The minimum absolute atomic E-state index is 0.175. The van der Waals surface area contributed by atoms with Crippen molar-refractivity contribution in [1.29, 1.82) is 0 Å². The second kappa shape index (κ2) is 9.01. The Bertz CT molecular complexity index is 552. The standard InChI is InChI=1S/C13H24N4O2S2/c1-3-5-6-9-16-13(15-4-2)17-10-11-7-8-12(20-11)21(14,18)19/h7-8H,3-6,9-10H2,1-2H3,(H2,14,18,19)(H2,15,16,17). The maximum atomic E-state index is 11.2. The smallest absolute Gasteiger partial charge is 0.247 e. The van der Waals surface area contributed by atoms with Crippen LogP contribution in [0.4, 0.5) is 0 Å². The molecule has 0 radical (unpaired) electrons. The average Bonchev–Trinajstić information content (AvgIpc) is 2.89. The number of aliphatic imine (C=N–C) groups is 1. The van der Waals surface area contributed by atoms with Gasteiger partial charge in [0.15, 0.2) is 5.96 Å². The van der Waals surface area contributed by atoms with E-state index < -0.39 is 10.0 Å². The van der Waals surface area contributed by atoms with Crippen LogP contribution in [-0.4, -0.2) is 27.5 Å². The highest BCUT2D eigenvalue weighted by Gasteiger charge is 2.10. The largest absolute Gasteiger partial charge is 0.357 e. The summed E-state index contributed by atoms with van der Waals surface area (Å²) < 4.78 is 22.6. The quantitative estimate of drug-likeness (QED) is 0.383. The number of sulfonamides is 1. The van der Waals surface area contributed by atoms with Gasteiger partial charge in [-0.05, 0) is 25.5 Å². The minimum Gasteiger partial charge on any atom is -0.357 e. The number of nitrogens with two attached hydrogens (primary N) is 1. The Balaban J connectivity index is 2.58. The van der Waals surface area contributed by atoms with Crippen LogP contribution in [0.2, 0.25) is 0 Å². The van der Waals surface area contributed by atoms with Crippen molar-refractivity contribution in [2.75, 3.05) is 13.1 Å². The van der Waals surface area contributed by atoms with E-state index in [4.69, 9.17) is 5.14 Å². The van der Waals surface area contributed by atoms with E-state index in [1.165, 1.54) is 18.9 Å². The van der Waals surface area contributed by atoms with E-state index in [0.29, 0.717) is 6.54 Å². The molecule has 1 heterocycles. The van der Waals surface area contributed by atoms with E-state index in [1.807, 2.05) is 6.92 Å². The number of hydrogen-bond acceptors (Lipinski definition) is 4. The molecule has 0 saturated heterocycles. The van der Waals surface area contributed by atoms with Gasteiger partial charge in [0.25, 0.3) is 0 Å². The number of unbranched alkanes of at least 4 members (excludes halogenated alkanes) is 2. The molecule has 0 amide bonds. The molecule has 0 spiro atoms. The van der Waals surface area contributed by atoms with Crippen LogP contribution in [0.25, 0.3) is 0 Å². The molecular formula is C13H24N4O2S2. The van der Waals surface area contributed by atoms with E-state index in [0.717, 1.165) is 41.7 Å². The maximum absolute atomic E-state index is 11.2. The summed E-state index contributed by atoms with van der Waals surface area (Å²) in [5.41, 5.74) is 0. The highest BCUT2D eigenvalue weighted by atomic mass is 32.2. The monoisotopic (exact) mass is 332 g/mol. The molecule has 1 rings (SSSR count). The molecule has 0 unspecified atom stereocenters. The second-order valence-electron chi connectivity index (χ2n) is 4.59. The van der Waals surface area contributed by atoms with Crippen LogP contribution in [0.1, 0.15) is 38.0 Å². The van der Waals surface area contributed by atoms with Crippen molar-refractivity contribution in [1.82, 2.24) is 10.6 Å². The normalized spacial score (nSPS) is 12.4. The predicted octanol–water partition coefficient (Wildman–Crippen LogP) is 1.64. The number of nitrogens with zero attached hydrogens (tertiary/aromatic N) is 1. The Morgan fingerprint density at radius 3 is 2.62 bits per heavy atom. The average molecular weight is 332 g/mol. The third-order valence-corrected chi connectivity index (χ3v) is 5.24. The lowest BCUT2D eigenvalue weighted by atomic mass is 10.2. The zero-order valence-corrected chi connectivity index (χ0v) is 14.2. The molecule has 1 aromatic rings. The van der Waals surface area contributed by atoms with Crippen molar-refractivity contribution in [2.45, 2.75) is 43.9 Å². The van der Waals surface area contributed by atoms with E-state index in [9.17, 15) is 8.42 Å². The Kier molecular flexibility index (Phi) is 7.69. The van der Waals surface area contributed by atoms with Gasteiger partial charge in [-0.15, -0.1) is 11.3 Å². The Hall–Kier alpha value is -1.12. The first-order chi connectivity index (χ1) is 9.97. The van der Waals surface area contributed by atoms with Crippen molar-refractivity contribution in [3.8, 4) is 0 Å². The van der Waals surface area contributed by atoms with Gasteiger partial charge in [-0.2, -0.15) is 0 Å². The molecule has 0 saturated carbocycles. The van der Waals surface area contributed by atoms with Crippen molar-refractivity contribution in [2.24, 2.45) is 10.1 Å². The molecule has 0 aliphatic rings. The van der Waals surface area contributed by atoms with Crippen molar-refractivity contribution < 1.29 is 8.42 Å². The number of guanidine groups is 1. The lowest BCUT2D eigenvalue weighted by molar-refractivity contribution is 0.600. The SMILES string of the molecule is CCCCCNC(=NCc1ccc(S(N)(=O)=O)s1)NCC. The van der Waals surface area contributed by atoms with Gasteiger partial charge < -0.3 is 10.6 Å². The molecule has 4 N–H and O–H groups in total. The molecule has 0 bridgehead atoms. The molecule has 6 nitrogen and oxygen atoms in total. The van der Waals surface area contributed by atoms with E-state index >= 15 is 0 Å². The van der Waals surface area contributed by atoms with E-state index in [1.54, 1.807) is 6.07 Å². The van der Waals surface area contributed by atoms with Gasteiger partial charge in [0.1, 0.15) is 4.21 Å². The summed E-state index contributed by atoms with van der Waals surface area (Å²) in [6, 6.07) is 3.26. The van der Waals surface area contributed by atoms with E-state index in [2.05, 4.69) is 22.5 Å². The van der Waals surface area contributed by atoms with Gasteiger partial charge in [-0.25, -0.2) is 18.5 Å². The van der Waals surface area contributed by atoms with Crippen LogP contribution >= 0.6 is 11.3 Å². The maximum Gasteiger partial charge on any atom is 0.247 e. The summed E-state index contributed by atoms with van der Waals surface area (Å²) >= 11 is 1.16. The molecule has 120 valence electrons. The first-order valence-corrected chi connectivity index (χ1v) is 9.47. The highest BCUT2D eigenvalue weighted by Crippen LogP contribution is 2.20. The van der Waals surface area contributed by atoms with E-state index in [-0.39, 0.29) is 4.21 Å². The van der Waals surface area contributed by atoms with Crippen LogP contribution < -0.4 is 15.8 Å². The number of rotatable bonds is 8. The lowest BCUT2D eigenvalue weighted by Crippen LogP contribution is -2.37. The first kappa shape index (κ1) is 17.9. The Morgan fingerprint density at radius 1 is 1.29 bits per heavy atom. The third-order valence-electron chi connectivity index (χ3n) is 2.73. The summed E-state index contributed by atoms with van der Waals surface area (Å²) in [4.78, 5) is 5.31. The lowest BCUT2D eigenvalue weighted by Gasteiger charge is -2.10. The summed E-state index contributed by atoms with van der Waals surface area (Å²) in [5.74, 6) is 0.749. The van der Waals surface area contributed by atoms with Crippen LogP contribution in [0.15, 0.2) is 21.3 Å². The summed E-state index contributed by atoms with van der Waals surface area (Å²) in [6.45, 7) is 6.27. The fourth-order valence-corrected chi connectivity index (χ4v) is 3.38. The van der Waals surface area contributed by atoms with Crippen molar-refractivity contribution >= 4 is 27.3 Å². The van der Waals surface area contributed by atoms with Gasteiger partial charge in [-0.3, -0.25) is 0 Å². The number of thiophene rings is 1. The second-order valence-corrected chi connectivity index (χ2v) is 7.55. The van der Waals surface area contributed by atoms with Crippen LogP contribution in [-0.2, 0) is 16.6 Å².